The van der Waals surface area contributed by atoms with Crippen molar-refractivity contribution in [3.8, 4) is 0 Å². The van der Waals surface area contributed by atoms with Crippen LogP contribution in [0.2, 0.25) is 0 Å². The van der Waals surface area contributed by atoms with Gasteiger partial charge in [-0.3, -0.25) is 4.79 Å². The Kier molecular flexibility index (Phi) is 6.33. The molecule has 17 heavy (non-hydrogen) atoms. The Bertz CT molecular complexity index is 333. The van der Waals surface area contributed by atoms with Gasteiger partial charge in [-0.25, -0.2) is 0 Å². The Balaban J connectivity index is 2.28. The molecule has 0 aliphatic rings. The number of aliphatic hydroxyl groups excluding tert-OH is 1. The van der Waals surface area contributed by atoms with Crippen LogP contribution in [0.3, 0.4) is 0 Å². The molecule has 0 unspecified atom stereocenters. The number of nitrogens with one attached hydrogen (secondary N) is 1. The smallest absolute Gasteiger partial charge is 0.221 e. The number of hydrogen-bond donors (Lipinski definition) is 2. The summed E-state index contributed by atoms with van der Waals surface area (Å²) in [5.74, 6) is -0.0400. The largest absolute Gasteiger partial charge is 0.396 e. The van der Waals surface area contributed by atoms with Gasteiger partial charge in [0.05, 0.1) is 0 Å². The van der Waals surface area contributed by atoms with Crippen molar-refractivity contribution in [2.45, 2.75) is 39.0 Å². The molecule has 0 aliphatic heterocycles. The van der Waals surface area contributed by atoms with Gasteiger partial charge in [-0.1, -0.05) is 25.0 Å². The third-order valence-electron chi connectivity index (χ3n) is 2.65. The van der Waals surface area contributed by atoms with Crippen molar-refractivity contribution in [2.75, 3.05) is 11.9 Å². The fraction of sp³-hybridized carbons (Fsp3) is 0.500. The predicted molar refractivity (Wildman–Crippen MR) is 70.0 cm³/mol. The van der Waals surface area contributed by atoms with Crippen LogP contribution in [-0.2, 0) is 11.2 Å². The molecule has 94 valence electrons. The molecule has 0 aliphatic carbocycles. The average Bonchev–Trinajstić information content (AvgIpc) is 2.30. The van der Waals surface area contributed by atoms with Gasteiger partial charge in [0.2, 0.25) is 5.91 Å². The minimum absolute atomic E-state index is 0.0400. The molecule has 0 bridgehead atoms. The van der Waals surface area contributed by atoms with E-state index in [0.29, 0.717) is 6.61 Å². The molecule has 0 saturated carbocycles. The van der Waals surface area contributed by atoms with E-state index in [1.807, 2.05) is 12.1 Å². The van der Waals surface area contributed by atoms with Gasteiger partial charge in [-0.05, 0) is 37.0 Å². The first-order chi connectivity index (χ1) is 8.22. The number of unbranched alkanes of at least 4 members (excludes halogenated alkanes) is 3. The van der Waals surface area contributed by atoms with Crippen LogP contribution in [0, 0.1) is 0 Å². The number of carbonyl (C=O) groups excluding carboxylic acids is 1. The highest BCUT2D eigenvalue weighted by Gasteiger charge is 1.97. The highest BCUT2D eigenvalue weighted by Crippen LogP contribution is 2.12. The van der Waals surface area contributed by atoms with E-state index in [9.17, 15) is 4.79 Å². The van der Waals surface area contributed by atoms with Crippen molar-refractivity contribution in [1.29, 1.82) is 0 Å². The van der Waals surface area contributed by atoms with Crippen LogP contribution in [0.25, 0.3) is 0 Å². The van der Waals surface area contributed by atoms with Crippen LogP contribution in [0.1, 0.15) is 38.2 Å². The van der Waals surface area contributed by atoms with E-state index in [1.54, 1.807) is 0 Å². The van der Waals surface area contributed by atoms with Crippen molar-refractivity contribution < 1.29 is 9.90 Å². The minimum atomic E-state index is -0.0400. The van der Waals surface area contributed by atoms with Crippen molar-refractivity contribution in [2.24, 2.45) is 0 Å². The van der Waals surface area contributed by atoms with Gasteiger partial charge in [0.1, 0.15) is 0 Å². The minimum Gasteiger partial charge on any atom is -0.396 e. The summed E-state index contributed by atoms with van der Waals surface area (Å²) in [6, 6.07) is 7.98. The lowest BCUT2D eigenvalue weighted by Gasteiger charge is -2.04. The summed E-state index contributed by atoms with van der Waals surface area (Å²) in [6.07, 6.45) is 5.38. The highest BCUT2D eigenvalue weighted by molar-refractivity contribution is 5.88. The van der Waals surface area contributed by atoms with E-state index in [0.717, 1.165) is 37.8 Å². The van der Waals surface area contributed by atoms with Gasteiger partial charge in [0, 0.05) is 19.2 Å². The molecular weight excluding hydrogens is 214 g/mol. The third kappa shape index (κ3) is 6.07. The number of aryl methyl sites for hydroxylation is 1. The number of carbonyl (C=O) groups is 1. The zero-order valence-electron chi connectivity index (χ0n) is 10.4. The zero-order chi connectivity index (χ0) is 12.5. The van der Waals surface area contributed by atoms with E-state index in [2.05, 4.69) is 17.4 Å². The van der Waals surface area contributed by atoms with Gasteiger partial charge < -0.3 is 10.4 Å². The SMILES string of the molecule is CC(=O)Nc1ccc(CCCCCCO)cc1. The van der Waals surface area contributed by atoms with Crippen LogP contribution in [0.5, 0.6) is 0 Å². The van der Waals surface area contributed by atoms with Crippen molar-refractivity contribution in [1.82, 2.24) is 0 Å². The molecule has 3 nitrogen and oxygen atoms in total. The van der Waals surface area contributed by atoms with E-state index in [4.69, 9.17) is 5.11 Å². The Hall–Kier alpha value is -1.35. The van der Waals surface area contributed by atoms with Gasteiger partial charge in [-0.15, -0.1) is 0 Å². The summed E-state index contributed by atoms with van der Waals surface area (Å²) in [6.45, 7) is 1.81. The lowest BCUT2D eigenvalue weighted by Crippen LogP contribution is -2.05. The lowest BCUT2D eigenvalue weighted by molar-refractivity contribution is -0.114. The summed E-state index contributed by atoms with van der Waals surface area (Å²) >= 11 is 0. The summed E-state index contributed by atoms with van der Waals surface area (Å²) in [7, 11) is 0. The number of hydrogen-bond acceptors (Lipinski definition) is 2. The number of amides is 1. The number of aliphatic hydroxyl groups is 1. The summed E-state index contributed by atoms with van der Waals surface area (Å²) in [5.41, 5.74) is 2.14. The molecule has 1 rings (SSSR count). The molecule has 1 aromatic carbocycles. The summed E-state index contributed by atoms with van der Waals surface area (Å²) in [4.78, 5) is 10.8. The second kappa shape index (κ2) is 7.85. The molecule has 0 aromatic heterocycles. The van der Waals surface area contributed by atoms with Crippen molar-refractivity contribution >= 4 is 11.6 Å². The Morgan fingerprint density at radius 1 is 1.12 bits per heavy atom. The Morgan fingerprint density at radius 2 is 1.76 bits per heavy atom. The molecule has 2 N–H and O–H groups in total. The molecule has 0 saturated heterocycles. The maximum absolute atomic E-state index is 10.8. The molecule has 0 spiro atoms. The van der Waals surface area contributed by atoms with Gasteiger partial charge in [0.15, 0.2) is 0 Å². The van der Waals surface area contributed by atoms with Crippen molar-refractivity contribution in [3.63, 3.8) is 0 Å². The Morgan fingerprint density at radius 3 is 2.35 bits per heavy atom. The highest BCUT2D eigenvalue weighted by atomic mass is 16.2. The normalized spacial score (nSPS) is 10.2. The van der Waals surface area contributed by atoms with Gasteiger partial charge >= 0.3 is 0 Å². The molecule has 0 radical (unpaired) electrons. The molecule has 3 heteroatoms. The number of benzene rings is 1. The van der Waals surface area contributed by atoms with Gasteiger partial charge in [0.25, 0.3) is 0 Å². The molecule has 0 heterocycles. The number of rotatable bonds is 7. The number of anilines is 1. The molecular formula is C14H21NO2. The topological polar surface area (TPSA) is 49.3 Å². The van der Waals surface area contributed by atoms with Crippen molar-refractivity contribution in [3.05, 3.63) is 29.8 Å². The van der Waals surface area contributed by atoms with Crippen LogP contribution in [-0.4, -0.2) is 17.6 Å². The zero-order valence-corrected chi connectivity index (χ0v) is 10.4. The van der Waals surface area contributed by atoms with E-state index in [-0.39, 0.29) is 5.91 Å². The predicted octanol–water partition coefficient (Wildman–Crippen LogP) is 2.74. The van der Waals surface area contributed by atoms with Crippen LogP contribution >= 0.6 is 0 Å². The second-order valence-electron chi connectivity index (χ2n) is 4.27. The Labute approximate surface area is 103 Å². The van der Waals surface area contributed by atoms with Gasteiger partial charge in [-0.2, -0.15) is 0 Å². The standard InChI is InChI=1S/C14H21NO2/c1-12(17)15-14-9-7-13(8-10-14)6-4-2-3-5-11-16/h7-10,16H,2-6,11H2,1H3,(H,15,17). The maximum Gasteiger partial charge on any atom is 0.221 e. The molecule has 1 amide bonds. The third-order valence-corrected chi connectivity index (χ3v) is 2.65. The van der Waals surface area contributed by atoms with E-state index < -0.39 is 0 Å². The first-order valence-electron chi connectivity index (χ1n) is 6.20. The van der Waals surface area contributed by atoms with Crippen LogP contribution in [0.4, 0.5) is 5.69 Å². The van der Waals surface area contributed by atoms with Crippen LogP contribution < -0.4 is 5.32 Å². The molecule has 0 atom stereocenters. The fourth-order valence-electron chi connectivity index (χ4n) is 1.75. The lowest BCUT2D eigenvalue weighted by atomic mass is 10.1. The molecule has 0 fully saturated rings. The fourth-order valence-corrected chi connectivity index (χ4v) is 1.75. The monoisotopic (exact) mass is 235 g/mol. The maximum atomic E-state index is 10.8. The first kappa shape index (κ1) is 13.7. The summed E-state index contributed by atoms with van der Waals surface area (Å²) < 4.78 is 0. The second-order valence-corrected chi connectivity index (χ2v) is 4.27. The first-order valence-corrected chi connectivity index (χ1v) is 6.20. The van der Waals surface area contributed by atoms with Crippen LogP contribution in [0.15, 0.2) is 24.3 Å². The average molecular weight is 235 g/mol. The summed E-state index contributed by atoms with van der Waals surface area (Å²) in [5, 5.41) is 11.4. The molecule has 1 aromatic rings. The quantitative estimate of drug-likeness (QED) is 0.714. The van der Waals surface area contributed by atoms with E-state index in [1.165, 1.54) is 12.5 Å². The van der Waals surface area contributed by atoms with E-state index >= 15 is 0 Å².